The first kappa shape index (κ1) is 18.7. The van der Waals surface area contributed by atoms with Gasteiger partial charge in [0.2, 0.25) is 5.91 Å². The molecular weight excluding hydrogens is 302 g/mol. The molecule has 1 rings (SSSR count). The van der Waals surface area contributed by atoms with Crippen molar-refractivity contribution in [2.75, 3.05) is 6.54 Å². The summed E-state index contributed by atoms with van der Waals surface area (Å²) < 4.78 is 1.75. The van der Waals surface area contributed by atoms with E-state index in [4.69, 9.17) is 11.6 Å². The summed E-state index contributed by atoms with van der Waals surface area (Å²) in [5.41, 5.74) is 1.55. The predicted molar refractivity (Wildman–Crippen MR) is 89.8 cm³/mol. The van der Waals surface area contributed by atoms with Crippen LogP contribution >= 0.6 is 11.6 Å². The van der Waals surface area contributed by atoms with Crippen molar-refractivity contribution in [2.45, 2.75) is 53.2 Å². The van der Waals surface area contributed by atoms with Crippen molar-refractivity contribution in [1.29, 1.82) is 0 Å². The fourth-order valence-electron chi connectivity index (χ4n) is 2.09. The van der Waals surface area contributed by atoms with Crippen LogP contribution in [0.1, 0.15) is 44.9 Å². The maximum Gasteiger partial charge on any atom is 0.244 e. The van der Waals surface area contributed by atoms with Gasteiger partial charge in [-0.2, -0.15) is 5.10 Å². The largest absolute Gasteiger partial charge is 0.391 e. The predicted octanol–water partition coefficient (Wildman–Crippen LogP) is 2.79. The van der Waals surface area contributed by atoms with Gasteiger partial charge in [-0.25, -0.2) is 0 Å². The van der Waals surface area contributed by atoms with E-state index in [1.165, 1.54) is 6.08 Å². The number of aromatic nitrogens is 2. The second kappa shape index (κ2) is 8.96. The zero-order valence-corrected chi connectivity index (χ0v) is 14.5. The second-order valence-corrected chi connectivity index (χ2v) is 6.24. The number of carbonyl (C=O) groups excluding carboxylic acids is 1. The molecule has 1 unspecified atom stereocenters. The number of carbonyl (C=O) groups is 1. The minimum atomic E-state index is -0.499. The van der Waals surface area contributed by atoms with Gasteiger partial charge in [-0.3, -0.25) is 9.48 Å². The maximum atomic E-state index is 11.8. The number of halogens is 1. The first-order valence-electron chi connectivity index (χ1n) is 7.72. The molecule has 0 spiro atoms. The number of aryl methyl sites for hydroxylation is 1. The van der Waals surface area contributed by atoms with Gasteiger partial charge in [-0.15, -0.1) is 0 Å². The number of nitrogens with one attached hydrogen (secondary N) is 1. The Morgan fingerprint density at radius 1 is 1.50 bits per heavy atom. The van der Waals surface area contributed by atoms with Crippen molar-refractivity contribution in [3.63, 3.8) is 0 Å². The van der Waals surface area contributed by atoms with Gasteiger partial charge in [0, 0.05) is 24.7 Å². The van der Waals surface area contributed by atoms with Gasteiger partial charge in [0.15, 0.2) is 0 Å². The van der Waals surface area contributed by atoms with E-state index < -0.39 is 6.10 Å². The minimum absolute atomic E-state index is 0.248. The Hall–Kier alpha value is -1.33. The molecule has 0 saturated heterocycles. The average Bonchev–Trinajstić information content (AvgIpc) is 2.69. The number of aliphatic hydroxyl groups excluding tert-OH is 1. The summed E-state index contributed by atoms with van der Waals surface area (Å²) in [6, 6.07) is 0. The molecule has 0 saturated carbocycles. The fourth-order valence-corrected chi connectivity index (χ4v) is 2.40. The standard InChI is InChI=1S/C16H26ClN3O2/c1-5-6-13(21)9-18-15(22)8-7-14-12(4)19-20(16(14)17)10-11(2)3/h7-8,11,13,21H,5-6,9-10H2,1-4H3,(H,18,22)/b8-7+. The van der Waals surface area contributed by atoms with Crippen LogP contribution in [0.25, 0.3) is 6.08 Å². The molecule has 0 aliphatic rings. The highest BCUT2D eigenvalue weighted by atomic mass is 35.5. The lowest BCUT2D eigenvalue weighted by atomic mass is 10.2. The van der Waals surface area contributed by atoms with Gasteiger partial charge >= 0.3 is 0 Å². The van der Waals surface area contributed by atoms with E-state index >= 15 is 0 Å². The summed E-state index contributed by atoms with van der Waals surface area (Å²) >= 11 is 6.30. The van der Waals surface area contributed by atoms with Crippen LogP contribution in [0.3, 0.4) is 0 Å². The highest BCUT2D eigenvalue weighted by Crippen LogP contribution is 2.22. The molecule has 5 nitrogen and oxygen atoms in total. The Kier molecular flexibility index (Phi) is 7.62. The van der Waals surface area contributed by atoms with Crippen LogP contribution in [0.5, 0.6) is 0 Å². The topological polar surface area (TPSA) is 67.2 Å². The van der Waals surface area contributed by atoms with Gasteiger partial charge in [0.1, 0.15) is 5.15 Å². The van der Waals surface area contributed by atoms with Crippen molar-refractivity contribution in [3.05, 3.63) is 22.5 Å². The van der Waals surface area contributed by atoms with Crippen LogP contribution in [0.2, 0.25) is 5.15 Å². The highest BCUT2D eigenvalue weighted by Gasteiger charge is 2.12. The number of rotatable bonds is 8. The molecule has 1 heterocycles. The third-order valence-electron chi connectivity index (χ3n) is 3.18. The normalized spacial score (nSPS) is 13.0. The van der Waals surface area contributed by atoms with Gasteiger partial charge < -0.3 is 10.4 Å². The van der Waals surface area contributed by atoms with E-state index in [0.29, 0.717) is 17.5 Å². The molecule has 1 aromatic rings. The van der Waals surface area contributed by atoms with Crippen LogP contribution < -0.4 is 5.32 Å². The number of amides is 1. The van der Waals surface area contributed by atoms with Crippen molar-refractivity contribution >= 4 is 23.6 Å². The smallest absolute Gasteiger partial charge is 0.244 e. The Balaban J connectivity index is 2.66. The lowest BCUT2D eigenvalue weighted by molar-refractivity contribution is -0.116. The molecule has 1 amide bonds. The molecule has 22 heavy (non-hydrogen) atoms. The number of hydrogen-bond donors (Lipinski definition) is 2. The number of nitrogens with zero attached hydrogens (tertiary/aromatic N) is 2. The first-order valence-corrected chi connectivity index (χ1v) is 8.09. The summed E-state index contributed by atoms with van der Waals surface area (Å²) in [7, 11) is 0. The van der Waals surface area contributed by atoms with Crippen LogP contribution in [-0.4, -0.2) is 33.4 Å². The lowest BCUT2D eigenvalue weighted by Gasteiger charge is -2.08. The molecule has 0 aromatic carbocycles. The molecule has 124 valence electrons. The van der Waals surface area contributed by atoms with Crippen molar-refractivity contribution in [3.8, 4) is 0 Å². The van der Waals surface area contributed by atoms with Crippen LogP contribution in [0.4, 0.5) is 0 Å². The van der Waals surface area contributed by atoms with E-state index in [2.05, 4.69) is 24.3 Å². The Morgan fingerprint density at radius 2 is 2.18 bits per heavy atom. The average molecular weight is 328 g/mol. The number of hydrogen-bond acceptors (Lipinski definition) is 3. The summed E-state index contributed by atoms with van der Waals surface area (Å²) in [4.78, 5) is 11.8. The molecule has 2 N–H and O–H groups in total. The zero-order chi connectivity index (χ0) is 16.7. The van der Waals surface area contributed by atoms with E-state index in [1.54, 1.807) is 10.8 Å². The maximum absolute atomic E-state index is 11.8. The van der Waals surface area contributed by atoms with Crippen LogP contribution in [0.15, 0.2) is 6.08 Å². The van der Waals surface area contributed by atoms with Gasteiger partial charge in [-0.1, -0.05) is 38.8 Å². The molecule has 0 aliphatic heterocycles. The fraction of sp³-hybridized carbons (Fsp3) is 0.625. The Morgan fingerprint density at radius 3 is 2.77 bits per heavy atom. The lowest BCUT2D eigenvalue weighted by Crippen LogP contribution is -2.30. The quantitative estimate of drug-likeness (QED) is 0.721. The highest BCUT2D eigenvalue weighted by molar-refractivity contribution is 6.31. The zero-order valence-electron chi connectivity index (χ0n) is 13.8. The Labute approximate surface area is 137 Å². The molecule has 1 atom stereocenters. The van der Waals surface area contributed by atoms with E-state index in [9.17, 15) is 9.90 Å². The molecule has 0 bridgehead atoms. The molecule has 0 fully saturated rings. The summed E-state index contributed by atoms with van der Waals surface area (Å²) in [6.07, 6.45) is 4.16. The van der Waals surface area contributed by atoms with Crippen molar-refractivity contribution in [2.24, 2.45) is 5.92 Å². The van der Waals surface area contributed by atoms with Gasteiger partial charge in [-0.05, 0) is 25.3 Å². The third-order valence-corrected chi connectivity index (χ3v) is 3.58. The van der Waals surface area contributed by atoms with Gasteiger partial charge in [0.05, 0.1) is 11.8 Å². The SMILES string of the molecule is CCCC(O)CNC(=O)/C=C/c1c(C)nn(CC(C)C)c1Cl. The molecule has 6 heteroatoms. The summed E-state index contributed by atoms with van der Waals surface area (Å²) in [5.74, 6) is 0.194. The van der Waals surface area contributed by atoms with Crippen molar-refractivity contribution < 1.29 is 9.90 Å². The monoisotopic (exact) mass is 327 g/mol. The summed E-state index contributed by atoms with van der Waals surface area (Å²) in [6.45, 7) is 9.05. The van der Waals surface area contributed by atoms with Crippen molar-refractivity contribution in [1.82, 2.24) is 15.1 Å². The molecule has 1 aromatic heterocycles. The number of aliphatic hydroxyl groups is 1. The van der Waals surface area contributed by atoms with E-state index in [-0.39, 0.29) is 12.5 Å². The van der Waals surface area contributed by atoms with E-state index in [0.717, 1.165) is 24.2 Å². The molecule has 0 aliphatic carbocycles. The first-order chi connectivity index (χ1) is 10.3. The Bertz CT molecular complexity index is 524. The van der Waals surface area contributed by atoms with Crippen LogP contribution in [0, 0.1) is 12.8 Å². The second-order valence-electron chi connectivity index (χ2n) is 5.89. The summed E-state index contributed by atoms with van der Waals surface area (Å²) in [5, 5.41) is 17.2. The van der Waals surface area contributed by atoms with Crippen LogP contribution in [-0.2, 0) is 11.3 Å². The van der Waals surface area contributed by atoms with E-state index in [1.807, 2.05) is 13.8 Å². The third kappa shape index (κ3) is 5.81. The van der Waals surface area contributed by atoms with Gasteiger partial charge in [0.25, 0.3) is 0 Å². The minimum Gasteiger partial charge on any atom is -0.391 e. The molecular formula is C16H26ClN3O2. The molecule has 0 radical (unpaired) electrons.